The van der Waals surface area contributed by atoms with Gasteiger partial charge in [0.05, 0.1) is 7.11 Å². The molecular formula is C12H17NO2S. The number of thiophene rings is 1. The number of esters is 1. The maximum Gasteiger partial charge on any atom is 0.331 e. The second kappa shape index (κ2) is 4.18. The minimum Gasteiger partial charge on any atom is -0.467 e. The van der Waals surface area contributed by atoms with Crippen molar-refractivity contribution in [2.45, 2.75) is 38.3 Å². The van der Waals surface area contributed by atoms with Crippen molar-refractivity contribution in [3.63, 3.8) is 0 Å². The zero-order valence-corrected chi connectivity index (χ0v) is 10.7. The summed E-state index contributed by atoms with van der Waals surface area (Å²) in [5, 5.41) is 5.46. The molecule has 0 saturated carbocycles. The number of fused-ring (bicyclic) bond motifs is 1. The van der Waals surface area contributed by atoms with Crippen LogP contribution in [0.2, 0.25) is 0 Å². The number of hydrogen-bond donors (Lipinski definition) is 1. The predicted molar refractivity (Wildman–Crippen MR) is 64.6 cm³/mol. The van der Waals surface area contributed by atoms with E-state index in [1.165, 1.54) is 12.7 Å². The third kappa shape index (κ3) is 1.57. The fourth-order valence-electron chi connectivity index (χ4n) is 2.47. The molecule has 16 heavy (non-hydrogen) atoms. The molecule has 0 fully saturated rings. The van der Waals surface area contributed by atoms with Gasteiger partial charge in [-0.15, -0.1) is 11.3 Å². The van der Waals surface area contributed by atoms with Crippen LogP contribution in [0.1, 0.15) is 30.7 Å². The first-order valence-electron chi connectivity index (χ1n) is 5.57. The van der Waals surface area contributed by atoms with Crippen LogP contribution in [0.5, 0.6) is 0 Å². The van der Waals surface area contributed by atoms with Crippen LogP contribution in [0, 0.1) is 0 Å². The van der Waals surface area contributed by atoms with Crippen molar-refractivity contribution in [2.24, 2.45) is 0 Å². The Kier molecular flexibility index (Phi) is 3.04. The Morgan fingerprint density at radius 1 is 1.75 bits per heavy atom. The lowest BCUT2D eigenvalue weighted by molar-refractivity contribution is -0.150. The number of methoxy groups -OCH3 is 1. The number of rotatable bonds is 2. The molecule has 0 bridgehead atoms. The normalized spacial score (nSPS) is 28.6. The molecule has 2 unspecified atom stereocenters. The van der Waals surface area contributed by atoms with Gasteiger partial charge in [-0.05, 0) is 36.8 Å². The summed E-state index contributed by atoms with van der Waals surface area (Å²) in [5.74, 6) is -0.176. The standard InChI is InChI=1S/C12H17NO2S/c1-4-12(11(14)15-3)10-9(5-6-16-10)7-8(2)13-12/h5-6,8,13H,4,7H2,1-3H3. The smallest absolute Gasteiger partial charge is 0.331 e. The molecule has 3 nitrogen and oxygen atoms in total. The minimum atomic E-state index is -0.629. The van der Waals surface area contributed by atoms with Crippen LogP contribution in [0.4, 0.5) is 0 Å². The van der Waals surface area contributed by atoms with Gasteiger partial charge in [0.2, 0.25) is 0 Å². The van der Waals surface area contributed by atoms with Crippen molar-refractivity contribution in [1.29, 1.82) is 0 Å². The second-order valence-corrected chi connectivity index (χ2v) is 5.19. The van der Waals surface area contributed by atoms with E-state index in [2.05, 4.69) is 23.7 Å². The molecule has 4 heteroatoms. The first-order chi connectivity index (χ1) is 7.64. The highest BCUT2D eigenvalue weighted by molar-refractivity contribution is 7.10. The van der Waals surface area contributed by atoms with Crippen molar-refractivity contribution in [3.8, 4) is 0 Å². The fraction of sp³-hybridized carbons (Fsp3) is 0.583. The van der Waals surface area contributed by atoms with E-state index < -0.39 is 5.54 Å². The van der Waals surface area contributed by atoms with E-state index in [9.17, 15) is 4.79 Å². The van der Waals surface area contributed by atoms with Crippen molar-refractivity contribution in [3.05, 3.63) is 21.9 Å². The van der Waals surface area contributed by atoms with Crippen molar-refractivity contribution in [2.75, 3.05) is 7.11 Å². The highest BCUT2D eigenvalue weighted by atomic mass is 32.1. The first-order valence-corrected chi connectivity index (χ1v) is 6.45. The third-order valence-corrected chi connectivity index (χ3v) is 4.34. The molecule has 0 aromatic carbocycles. The molecule has 1 aliphatic heterocycles. The molecule has 0 radical (unpaired) electrons. The highest BCUT2D eigenvalue weighted by Gasteiger charge is 2.45. The Balaban J connectivity index is 2.51. The average molecular weight is 239 g/mol. The van der Waals surface area contributed by atoms with Crippen molar-refractivity contribution < 1.29 is 9.53 Å². The SMILES string of the molecule is CCC1(C(=O)OC)NC(C)Cc2ccsc21. The molecule has 1 aromatic rings. The summed E-state index contributed by atoms with van der Waals surface area (Å²) >= 11 is 1.64. The molecule has 1 aliphatic rings. The van der Waals surface area contributed by atoms with Gasteiger partial charge in [0.1, 0.15) is 0 Å². The fourth-order valence-corrected chi connectivity index (χ4v) is 3.63. The number of nitrogens with one attached hydrogen (secondary N) is 1. The van der Waals surface area contributed by atoms with Crippen molar-refractivity contribution in [1.82, 2.24) is 5.32 Å². The van der Waals surface area contributed by atoms with Gasteiger partial charge in [-0.25, -0.2) is 4.79 Å². The minimum absolute atomic E-state index is 0.176. The molecule has 2 atom stereocenters. The van der Waals surface area contributed by atoms with Gasteiger partial charge in [0, 0.05) is 10.9 Å². The summed E-state index contributed by atoms with van der Waals surface area (Å²) in [7, 11) is 1.45. The molecule has 2 rings (SSSR count). The quantitative estimate of drug-likeness (QED) is 0.803. The maximum absolute atomic E-state index is 12.0. The van der Waals surface area contributed by atoms with E-state index in [-0.39, 0.29) is 5.97 Å². The topological polar surface area (TPSA) is 38.3 Å². The van der Waals surface area contributed by atoms with E-state index in [1.54, 1.807) is 11.3 Å². The molecule has 1 N–H and O–H groups in total. The summed E-state index contributed by atoms with van der Waals surface area (Å²) in [6.45, 7) is 4.12. The van der Waals surface area contributed by atoms with Crippen LogP contribution < -0.4 is 5.32 Å². The Labute approximate surface area is 99.8 Å². The summed E-state index contributed by atoms with van der Waals surface area (Å²) in [6, 6.07) is 2.42. The van der Waals surface area contributed by atoms with Crippen molar-refractivity contribution >= 4 is 17.3 Å². The van der Waals surface area contributed by atoms with Gasteiger partial charge < -0.3 is 4.74 Å². The van der Waals surface area contributed by atoms with Crippen LogP contribution >= 0.6 is 11.3 Å². The zero-order valence-electron chi connectivity index (χ0n) is 9.87. The molecule has 0 saturated heterocycles. The first kappa shape index (κ1) is 11.6. The molecular weight excluding hydrogens is 222 g/mol. The molecule has 0 spiro atoms. The van der Waals surface area contributed by atoms with E-state index >= 15 is 0 Å². The lowest BCUT2D eigenvalue weighted by atomic mass is 9.85. The lowest BCUT2D eigenvalue weighted by Gasteiger charge is -2.38. The summed E-state index contributed by atoms with van der Waals surface area (Å²) in [6.07, 6.45) is 1.70. The van der Waals surface area contributed by atoms with Crippen LogP contribution in [-0.4, -0.2) is 19.1 Å². The van der Waals surface area contributed by atoms with Crippen LogP contribution in [-0.2, 0) is 21.5 Å². The summed E-state index contributed by atoms with van der Waals surface area (Å²) in [4.78, 5) is 13.2. The summed E-state index contributed by atoms with van der Waals surface area (Å²) in [5.41, 5.74) is 0.652. The lowest BCUT2D eigenvalue weighted by Crippen LogP contribution is -2.56. The largest absolute Gasteiger partial charge is 0.467 e. The molecule has 2 heterocycles. The Morgan fingerprint density at radius 2 is 2.50 bits per heavy atom. The van der Waals surface area contributed by atoms with Gasteiger partial charge in [-0.1, -0.05) is 6.92 Å². The average Bonchev–Trinajstić information content (AvgIpc) is 2.74. The van der Waals surface area contributed by atoms with Gasteiger partial charge >= 0.3 is 5.97 Å². The third-order valence-electron chi connectivity index (χ3n) is 3.22. The van der Waals surface area contributed by atoms with Crippen LogP contribution in [0.15, 0.2) is 11.4 Å². The molecule has 0 amide bonds. The highest BCUT2D eigenvalue weighted by Crippen LogP contribution is 2.38. The maximum atomic E-state index is 12.0. The molecule has 1 aromatic heterocycles. The van der Waals surface area contributed by atoms with Gasteiger partial charge in [-0.2, -0.15) is 0 Å². The Morgan fingerprint density at radius 3 is 3.12 bits per heavy atom. The Hall–Kier alpha value is -0.870. The number of ether oxygens (including phenoxy) is 1. The van der Waals surface area contributed by atoms with Gasteiger partial charge in [-0.3, -0.25) is 5.32 Å². The zero-order chi connectivity index (χ0) is 11.8. The van der Waals surface area contributed by atoms with E-state index in [0.717, 1.165) is 17.7 Å². The molecule has 88 valence electrons. The predicted octanol–water partition coefficient (Wildman–Crippen LogP) is 2.06. The van der Waals surface area contributed by atoms with Gasteiger partial charge in [0.25, 0.3) is 0 Å². The van der Waals surface area contributed by atoms with Gasteiger partial charge in [0.15, 0.2) is 5.54 Å². The number of hydrogen-bond acceptors (Lipinski definition) is 4. The molecule has 0 aliphatic carbocycles. The number of carbonyl (C=O) groups is 1. The monoisotopic (exact) mass is 239 g/mol. The second-order valence-electron chi connectivity index (χ2n) is 4.27. The Bertz CT molecular complexity index is 401. The number of carbonyl (C=O) groups excluding carboxylic acids is 1. The van der Waals surface area contributed by atoms with Crippen LogP contribution in [0.25, 0.3) is 0 Å². The van der Waals surface area contributed by atoms with E-state index in [1.807, 2.05) is 6.92 Å². The van der Waals surface area contributed by atoms with Crippen LogP contribution in [0.3, 0.4) is 0 Å². The van der Waals surface area contributed by atoms with E-state index in [4.69, 9.17) is 4.74 Å². The van der Waals surface area contributed by atoms with E-state index in [0.29, 0.717) is 6.04 Å². The summed E-state index contributed by atoms with van der Waals surface area (Å²) < 4.78 is 4.96.